The van der Waals surface area contributed by atoms with E-state index in [1.807, 2.05) is 47.6 Å². The van der Waals surface area contributed by atoms with E-state index in [0.717, 1.165) is 56.2 Å². The number of nitrogens with one attached hydrogen (secondary N) is 1. The first-order valence-corrected chi connectivity index (χ1v) is 9.89. The molecule has 5 rings (SSSR count). The van der Waals surface area contributed by atoms with Crippen LogP contribution in [-0.2, 0) is 6.42 Å². The molecule has 2 aliphatic heterocycles. The fourth-order valence-electron chi connectivity index (χ4n) is 4.31. The summed E-state index contributed by atoms with van der Waals surface area (Å²) in [5.74, 6) is 2.39. The summed E-state index contributed by atoms with van der Waals surface area (Å²) in [6.45, 7) is 2.61. The summed E-state index contributed by atoms with van der Waals surface area (Å²) in [7, 11) is 0. The Kier molecular flexibility index (Phi) is 4.31. The van der Waals surface area contributed by atoms with E-state index in [9.17, 15) is 4.79 Å². The van der Waals surface area contributed by atoms with E-state index in [0.29, 0.717) is 11.5 Å². The van der Waals surface area contributed by atoms with Gasteiger partial charge in [0.05, 0.1) is 5.56 Å². The number of H-pyrrole nitrogens is 1. The van der Waals surface area contributed by atoms with Crippen LogP contribution in [0.15, 0.2) is 55.0 Å². The number of carbonyl (C=O) groups is 1. The molecule has 2 aromatic heterocycles. The number of carbonyl (C=O) groups excluding carboxylic acids is 1. The van der Waals surface area contributed by atoms with Crippen molar-refractivity contribution in [3.05, 3.63) is 71.9 Å². The Hall–Kier alpha value is -3.15. The van der Waals surface area contributed by atoms with Crippen molar-refractivity contribution in [3.63, 3.8) is 0 Å². The van der Waals surface area contributed by atoms with Crippen LogP contribution >= 0.6 is 0 Å². The van der Waals surface area contributed by atoms with Crippen LogP contribution in [0, 0.1) is 0 Å². The third-order valence-corrected chi connectivity index (χ3v) is 5.78. The fraction of sp³-hybridized carbons (Fsp3) is 0.318. The van der Waals surface area contributed by atoms with E-state index in [-0.39, 0.29) is 5.91 Å². The van der Waals surface area contributed by atoms with Crippen LogP contribution in [0.25, 0.3) is 0 Å². The lowest BCUT2D eigenvalue weighted by atomic mass is 9.97. The molecule has 0 spiro atoms. The van der Waals surface area contributed by atoms with Gasteiger partial charge in [-0.3, -0.25) is 4.79 Å². The van der Waals surface area contributed by atoms with Crippen molar-refractivity contribution < 1.29 is 4.79 Å². The maximum Gasteiger partial charge on any atom is 0.259 e. The smallest absolute Gasteiger partial charge is 0.259 e. The Morgan fingerprint density at radius 1 is 1.11 bits per heavy atom. The van der Waals surface area contributed by atoms with Crippen molar-refractivity contribution in [3.8, 4) is 0 Å². The van der Waals surface area contributed by atoms with Gasteiger partial charge in [0, 0.05) is 49.8 Å². The standard InChI is InChI=1S/C22H23N5O/c28-22(27-13-9-16-4-1-2-6-19(16)27)17-7-8-20(25-14-17)26-12-3-5-18(15-26)21-23-10-11-24-21/h1-2,4,6-8,10-11,14,18H,3,5,9,12-13,15H2,(H,23,24). The second kappa shape index (κ2) is 7.11. The second-order valence-corrected chi connectivity index (χ2v) is 7.50. The highest BCUT2D eigenvalue weighted by Gasteiger charge is 2.26. The molecule has 1 N–H and O–H groups in total. The number of piperidine rings is 1. The predicted octanol–water partition coefficient (Wildman–Crippen LogP) is 3.39. The fourth-order valence-corrected chi connectivity index (χ4v) is 4.31. The Bertz CT molecular complexity index is 967. The Morgan fingerprint density at radius 3 is 2.86 bits per heavy atom. The van der Waals surface area contributed by atoms with Crippen LogP contribution in [0.4, 0.5) is 11.5 Å². The molecule has 1 aromatic carbocycles. The molecule has 28 heavy (non-hydrogen) atoms. The van der Waals surface area contributed by atoms with E-state index in [2.05, 4.69) is 25.9 Å². The lowest BCUT2D eigenvalue weighted by Gasteiger charge is -2.32. The van der Waals surface area contributed by atoms with Gasteiger partial charge in [0.25, 0.3) is 5.91 Å². The third-order valence-electron chi connectivity index (χ3n) is 5.78. The number of fused-ring (bicyclic) bond motifs is 1. The molecule has 142 valence electrons. The van der Waals surface area contributed by atoms with Gasteiger partial charge in [-0.1, -0.05) is 18.2 Å². The van der Waals surface area contributed by atoms with Gasteiger partial charge in [-0.05, 0) is 43.0 Å². The van der Waals surface area contributed by atoms with Crippen molar-refractivity contribution in [2.75, 3.05) is 29.4 Å². The number of anilines is 2. The molecule has 1 amide bonds. The molecule has 0 bridgehead atoms. The number of hydrogen-bond donors (Lipinski definition) is 1. The molecule has 0 radical (unpaired) electrons. The van der Waals surface area contributed by atoms with Crippen molar-refractivity contribution >= 4 is 17.4 Å². The van der Waals surface area contributed by atoms with Gasteiger partial charge in [0.2, 0.25) is 0 Å². The first-order chi connectivity index (χ1) is 13.8. The first-order valence-electron chi connectivity index (χ1n) is 9.89. The maximum atomic E-state index is 13.0. The van der Waals surface area contributed by atoms with Gasteiger partial charge >= 0.3 is 0 Å². The van der Waals surface area contributed by atoms with Gasteiger partial charge in [-0.2, -0.15) is 0 Å². The van der Waals surface area contributed by atoms with Crippen LogP contribution in [0.3, 0.4) is 0 Å². The monoisotopic (exact) mass is 373 g/mol. The average molecular weight is 373 g/mol. The largest absolute Gasteiger partial charge is 0.356 e. The highest BCUT2D eigenvalue weighted by Crippen LogP contribution is 2.30. The van der Waals surface area contributed by atoms with E-state index >= 15 is 0 Å². The van der Waals surface area contributed by atoms with Crippen molar-refractivity contribution in [2.24, 2.45) is 0 Å². The van der Waals surface area contributed by atoms with Crippen molar-refractivity contribution in [1.29, 1.82) is 0 Å². The highest BCUT2D eigenvalue weighted by atomic mass is 16.2. The number of hydrogen-bond acceptors (Lipinski definition) is 4. The number of nitrogens with zero attached hydrogens (tertiary/aromatic N) is 4. The van der Waals surface area contributed by atoms with Crippen LogP contribution < -0.4 is 9.80 Å². The normalized spacial score (nSPS) is 18.9. The molecule has 1 fully saturated rings. The zero-order valence-corrected chi connectivity index (χ0v) is 15.7. The summed E-state index contributed by atoms with van der Waals surface area (Å²) in [6.07, 6.45) is 8.56. The molecule has 6 heteroatoms. The number of imidazole rings is 1. The molecule has 0 aliphatic carbocycles. The van der Waals surface area contributed by atoms with Crippen LogP contribution in [-0.4, -0.2) is 40.5 Å². The summed E-state index contributed by atoms with van der Waals surface area (Å²) >= 11 is 0. The van der Waals surface area contributed by atoms with E-state index in [4.69, 9.17) is 0 Å². The molecule has 1 saturated heterocycles. The van der Waals surface area contributed by atoms with Crippen molar-refractivity contribution in [2.45, 2.75) is 25.2 Å². The molecule has 0 saturated carbocycles. The molecule has 6 nitrogen and oxygen atoms in total. The molecule has 1 atom stereocenters. The summed E-state index contributed by atoms with van der Waals surface area (Å²) in [5.41, 5.74) is 2.90. The number of aromatic amines is 1. The second-order valence-electron chi connectivity index (χ2n) is 7.50. The molecule has 2 aliphatic rings. The van der Waals surface area contributed by atoms with Crippen LogP contribution in [0.5, 0.6) is 0 Å². The lowest BCUT2D eigenvalue weighted by Crippen LogP contribution is -2.35. The summed E-state index contributed by atoms with van der Waals surface area (Å²) < 4.78 is 0. The average Bonchev–Trinajstić information content (AvgIpc) is 3.44. The summed E-state index contributed by atoms with van der Waals surface area (Å²) in [4.78, 5) is 29.4. The van der Waals surface area contributed by atoms with Gasteiger partial charge in [0.15, 0.2) is 0 Å². The Balaban J connectivity index is 1.31. The third kappa shape index (κ3) is 3.05. The Labute approximate surface area is 164 Å². The van der Waals surface area contributed by atoms with Gasteiger partial charge in [-0.15, -0.1) is 0 Å². The Morgan fingerprint density at radius 2 is 2.04 bits per heavy atom. The van der Waals surface area contributed by atoms with E-state index in [1.54, 1.807) is 6.20 Å². The lowest BCUT2D eigenvalue weighted by molar-refractivity contribution is 0.0989. The molecular weight excluding hydrogens is 350 g/mol. The highest BCUT2D eigenvalue weighted by molar-refractivity contribution is 6.07. The molecule has 1 unspecified atom stereocenters. The number of para-hydroxylation sites is 1. The van der Waals surface area contributed by atoms with E-state index in [1.165, 1.54) is 5.56 Å². The molecular formula is C22H23N5O. The van der Waals surface area contributed by atoms with Gasteiger partial charge < -0.3 is 14.8 Å². The summed E-state index contributed by atoms with van der Waals surface area (Å²) in [5, 5.41) is 0. The number of benzene rings is 1. The zero-order chi connectivity index (χ0) is 18.9. The topological polar surface area (TPSA) is 65.1 Å². The minimum absolute atomic E-state index is 0.0242. The van der Waals surface area contributed by atoms with Crippen LogP contribution in [0.1, 0.15) is 40.5 Å². The number of rotatable bonds is 3. The molecule has 4 heterocycles. The zero-order valence-electron chi connectivity index (χ0n) is 15.7. The number of amides is 1. The van der Waals surface area contributed by atoms with E-state index < -0.39 is 0 Å². The number of pyridine rings is 1. The predicted molar refractivity (Wildman–Crippen MR) is 109 cm³/mol. The van der Waals surface area contributed by atoms with Crippen molar-refractivity contribution in [1.82, 2.24) is 15.0 Å². The molecule has 3 aromatic rings. The van der Waals surface area contributed by atoms with Gasteiger partial charge in [-0.25, -0.2) is 9.97 Å². The first kappa shape index (κ1) is 17.0. The quantitative estimate of drug-likeness (QED) is 0.764. The van der Waals surface area contributed by atoms with Crippen LogP contribution in [0.2, 0.25) is 0 Å². The SMILES string of the molecule is O=C(c1ccc(N2CCCC(c3ncc[nH]3)C2)nc1)N1CCc2ccccc21. The minimum Gasteiger partial charge on any atom is -0.356 e. The maximum absolute atomic E-state index is 13.0. The summed E-state index contributed by atoms with van der Waals surface area (Å²) in [6, 6.07) is 12.0. The number of aromatic nitrogens is 3. The van der Waals surface area contributed by atoms with Gasteiger partial charge in [0.1, 0.15) is 11.6 Å². The minimum atomic E-state index is 0.0242.